The molecule has 3 rings (SSSR count). The molecule has 0 bridgehead atoms. The second-order valence-electron chi connectivity index (χ2n) is 4.72. The van der Waals surface area contributed by atoms with E-state index in [2.05, 4.69) is 10.3 Å². The fourth-order valence-corrected chi connectivity index (χ4v) is 2.02. The molecule has 6 heteroatoms. The number of hydrogen-bond acceptors (Lipinski definition) is 3. The van der Waals surface area contributed by atoms with E-state index in [0.29, 0.717) is 19.0 Å². The van der Waals surface area contributed by atoms with Crippen LogP contribution >= 0.6 is 0 Å². The molecule has 1 aliphatic heterocycles. The number of pyridine rings is 1. The van der Waals surface area contributed by atoms with Gasteiger partial charge in [-0.3, -0.25) is 0 Å². The lowest BCUT2D eigenvalue weighted by molar-refractivity contribution is 0.0461. The van der Waals surface area contributed by atoms with Crippen molar-refractivity contribution >= 4 is 11.7 Å². The van der Waals surface area contributed by atoms with Crippen LogP contribution in [0.4, 0.5) is 14.9 Å². The number of likely N-dealkylation sites (tertiary alicyclic amines) is 1. The number of nitrogens with one attached hydrogen (secondary N) is 1. The van der Waals surface area contributed by atoms with Crippen LogP contribution in [0.15, 0.2) is 48.7 Å². The van der Waals surface area contributed by atoms with Gasteiger partial charge in [0.05, 0.1) is 18.8 Å². The van der Waals surface area contributed by atoms with Crippen LogP contribution in [0.2, 0.25) is 0 Å². The molecule has 2 amide bonds. The van der Waals surface area contributed by atoms with Crippen LogP contribution in [0.1, 0.15) is 0 Å². The van der Waals surface area contributed by atoms with Gasteiger partial charge < -0.3 is 15.0 Å². The zero-order valence-electron chi connectivity index (χ0n) is 11.2. The van der Waals surface area contributed by atoms with Crippen molar-refractivity contribution in [2.45, 2.75) is 6.10 Å². The lowest BCUT2D eigenvalue weighted by atomic mass is 10.2. The maximum Gasteiger partial charge on any atom is 0.322 e. The molecule has 1 aliphatic rings. The summed E-state index contributed by atoms with van der Waals surface area (Å²) in [4.78, 5) is 17.5. The number of hydrogen-bond donors (Lipinski definition) is 1. The fraction of sp³-hybridized carbons (Fsp3) is 0.200. The smallest absolute Gasteiger partial charge is 0.322 e. The molecule has 5 nitrogen and oxygen atoms in total. The SMILES string of the molecule is O=C(Nc1ccccc1F)N1CC(Oc2ccccn2)C1. The molecule has 1 N–H and O–H groups in total. The summed E-state index contributed by atoms with van der Waals surface area (Å²) >= 11 is 0. The average Bonchev–Trinajstić information content (AvgIpc) is 2.46. The third-order valence-electron chi connectivity index (χ3n) is 3.18. The Hall–Kier alpha value is -2.63. The highest BCUT2D eigenvalue weighted by atomic mass is 19.1. The van der Waals surface area contributed by atoms with Crippen molar-refractivity contribution in [1.82, 2.24) is 9.88 Å². The third kappa shape index (κ3) is 3.10. The third-order valence-corrected chi connectivity index (χ3v) is 3.18. The van der Waals surface area contributed by atoms with E-state index in [0.717, 1.165) is 0 Å². The van der Waals surface area contributed by atoms with Gasteiger partial charge in [0.25, 0.3) is 0 Å². The Morgan fingerprint density at radius 2 is 2.00 bits per heavy atom. The van der Waals surface area contributed by atoms with Crippen LogP contribution in [0.5, 0.6) is 5.88 Å². The topological polar surface area (TPSA) is 54.5 Å². The van der Waals surface area contributed by atoms with Gasteiger partial charge in [0, 0.05) is 12.3 Å². The van der Waals surface area contributed by atoms with E-state index in [-0.39, 0.29) is 17.8 Å². The molecule has 0 radical (unpaired) electrons. The minimum absolute atomic E-state index is 0.0775. The van der Waals surface area contributed by atoms with Crippen LogP contribution < -0.4 is 10.1 Å². The fourth-order valence-electron chi connectivity index (χ4n) is 2.02. The Bertz CT molecular complexity index is 630. The predicted octanol–water partition coefficient (Wildman–Crippen LogP) is 2.52. The zero-order valence-corrected chi connectivity index (χ0v) is 11.2. The predicted molar refractivity (Wildman–Crippen MR) is 75.6 cm³/mol. The number of carbonyl (C=O) groups excluding carboxylic acids is 1. The Morgan fingerprint density at radius 1 is 1.24 bits per heavy atom. The van der Waals surface area contributed by atoms with Gasteiger partial charge in [0.2, 0.25) is 5.88 Å². The summed E-state index contributed by atoms with van der Waals surface area (Å²) < 4.78 is 19.0. The number of halogens is 1. The minimum atomic E-state index is -0.451. The highest BCUT2D eigenvalue weighted by Crippen LogP contribution is 2.18. The summed E-state index contributed by atoms with van der Waals surface area (Å²) in [5.74, 6) is 0.0873. The largest absolute Gasteiger partial charge is 0.471 e. The van der Waals surface area contributed by atoms with Crippen molar-refractivity contribution in [3.05, 3.63) is 54.5 Å². The van der Waals surface area contributed by atoms with Crippen molar-refractivity contribution in [3.63, 3.8) is 0 Å². The Balaban J connectivity index is 1.50. The number of benzene rings is 1. The van der Waals surface area contributed by atoms with Crippen LogP contribution in [-0.2, 0) is 0 Å². The number of rotatable bonds is 3. The molecule has 0 saturated carbocycles. The summed E-state index contributed by atoms with van der Waals surface area (Å²) in [6.45, 7) is 0.910. The quantitative estimate of drug-likeness (QED) is 0.943. The zero-order chi connectivity index (χ0) is 14.7. The number of anilines is 1. The second kappa shape index (κ2) is 5.78. The van der Waals surface area contributed by atoms with Crippen molar-refractivity contribution in [3.8, 4) is 5.88 Å². The lowest BCUT2D eigenvalue weighted by Gasteiger charge is -2.38. The number of aromatic nitrogens is 1. The van der Waals surface area contributed by atoms with Gasteiger partial charge in [-0.05, 0) is 18.2 Å². The summed E-state index contributed by atoms with van der Waals surface area (Å²) in [5, 5.41) is 2.54. The molecule has 2 heterocycles. The summed E-state index contributed by atoms with van der Waals surface area (Å²) in [6, 6.07) is 11.1. The first kappa shape index (κ1) is 13.4. The monoisotopic (exact) mass is 287 g/mol. The molecule has 1 saturated heterocycles. The maximum absolute atomic E-state index is 13.4. The van der Waals surface area contributed by atoms with E-state index in [4.69, 9.17) is 4.74 Å². The molecule has 0 aliphatic carbocycles. The highest BCUT2D eigenvalue weighted by Gasteiger charge is 2.32. The first-order valence-electron chi connectivity index (χ1n) is 6.60. The summed E-state index contributed by atoms with van der Waals surface area (Å²) in [5.41, 5.74) is 0.177. The number of urea groups is 1. The first-order valence-corrected chi connectivity index (χ1v) is 6.60. The molecule has 1 fully saturated rings. The molecule has 1 aromatic carbocycles. The first-order chi connectivity index (χ1) is 10.2. The molecular weight excluding hydrogens is 273 g/mol. The van der Waals surface area contributed by atoms with Crippen LogP contribution in [-0.4, -0.2) is 35.1 Å². The molecule has 0 atom stereocenters. The van der Waals surface area contributed by atoms with Crippen molar-refractivity contribution in [2.75, 3.05) is 18.4 Å². The number of para-hydroxylation sites is 1. The average molecular weight is 287 g/mol. The van der Waals surface area contributed by atoms with Gasteiger partial charge in [-0.1, -0.05) is 18.2 Å². The van der Waals surface area contributed by atoms with E-state index in [9.17, 15) is 9.18 Å². The van der Waals surface area contributed by atoms with Gasteiger partial charge in [-0.15, -0.1) is 0 Å². The molecule has 2 aromatic rings. The number of amides is 2. The van der Waals surface area contributed by atoms with Crippen molar-refractivity contribution in [2.24, 2.45) is 0 Å². The number of ether oxygens (including phenoxy) is 1. The van der Waals surface area contributed by atoms with E-state index in [1.165, 1.54) is 12.1 Å². The second-order valence-corrected chi connectivity index (χ2v) is 4.72. The van der Waals surface area contributed by atoms with Crippen molar-refractivity contribution in [1.29, 1.82) is 0 Å². The Labute approximate surface area is 121 Å². The van der Waals surface area contributed by atoms with E-state index in [1.54, 1.807) is 29.3 Å². The van der Waals surface area contributed by atoms with Crippen molar-refractivity contribution < 1.29 is 13.9 Å². The molecule has 108 valence electrons. The standard InChI is InChI=1S/C15H14FN3O2/c16-12-5-1-2-6-13(12)18-15(20)19-9-11(10-19)21-14-7-3-4-8-17-14/h1-8,11H,9-10H2,(H,18,20). The number of carbonyl (C=O) groups is 1. The molecular formula is C15H14FN3O2. The van der Waals surface area contributed by atoms with Crippen LogP contribution in [0.3, 0.4) is 0 Å². The Kier molecular flexibility index (Phi) is 3.68. The normalized spacial score (nSPS) is 14.4. The van der Waals surface area contributed by atoms with E-state index >= 15 is 0 Å². The molecule has 21 heavy (non-hydrogen) atoms. The van der Waals surface area contributed by atoms with E-state index in [1.807, 2.05) is 12.1 Å². The van der Waals surface area contributed by atoms with Crippen LogP contribution in [0, 0.1) is 5.82 Å². The van der Waals surface area contributed by atoms with Gasteiger partial charge in [0.15, 0.2) is 0 Å². The van der Waals surface area contributed by atoms with Gasteiger partial charge in [0.1, 0.15) is 11.9 Å². The lowest BCUT2D eigenvalue weighted by Crippen LogP contribution is -2.57. The Morgan fingerprint density at radius 3 is 2.71 bits per heavy atom. The molecule has 0 spiro atoms. The van der Waals surface area contributed by atoms with Gasteiger partial charge in [-0.25, -0.2) is 14.2 Å². The van der Waals surface area contributed by atoms with Crippen LogP contribution in [0.25, 0.3) is 0 Å². The number of nitrogens with zero attached hydrogens (tertiary/aromatic N) is 2. The minimum Gasteiger partial charge on any atom is -0.471 e. The maximum atomic E-state index is 13.4. The summed E-state index contributed by atoms with van der Waals surface area (Å²) in [6.07, 6.45) is 1.57. The van der Waals surface area contributed by atoms with Gasteiger partial charge >= 0.3 is 6.03 Å². The van der Waals surface area contributed by atoms with Gasteiger partial charge in [-0.2, -0.15) is 0 Å². The summed E-state index contributed by atoms with van der Waals surface area (Å²) in [7, 11) is 0. The highest BCUT2D eigenvalue weighted by molar-refractivity contribution is 5.90. The molecule has 0 unspecified atom stereocenters. The van der Waals surface area contributed by atoms with E-state index < -0.39 is 5.82 Å². The molecule has 1 aromatic heterocycles.